The monoisotopic (exact) mass is 349 g/mol. The highest BCUT2D eigenvalue weighted by molar-refractivity contribution is 5.91. The fraction of sp³-hybridized carbons (Fsp3) is 0.389. The van der Waals surface area contributed by atoms with Crippen LogP contribution in [0.15, 0.2) is 42.5 Å². The number of benzene rings is 1. The maximum absolute atomic E-state index is 11.9. The molecule has 0 aliphatic rings. The minimum absolute atomic E-state index is 0.00478. The Morgan fingerprint density at radius 1 is 1.04 bits per heavy atom. The van der Waals surface area contributed by atoms with E-state index in [4.69, 9.17) is 9.47 Å². The van der Waals surface area contributed by atoms with Crippen molar-refractivity contribution >= 4 is 18.0 Å². The molecule has 1 rings (SSSR count). The third-order valence-corrected chi connectivity index (χ3v) is 3.11. The van der Waals surface area contributed by atoms with Crippen molar-refractivity contribution in [1.82, 2.24) is 5.32 Å². The summed E-state index contributed by atoms with van der Waals surface area (Å²) in [5, 5.41) is 2.65. The van der Waals surface area contributed by atoms with Crippen LogP contribution in [-0.4, -0.2) is 37.3 Å². The Balaban J connectivity index is 2.47. The summed E-state index contributed by atoms with van der Waals surface area (Å²) in [4.78, 5) is 34.6. The molecule has 0 fully saturated rings. The van der Waals surface area contributed by atoms with Crippen molar-refractivity contribution in [2.75, 3.05) is 13.2 Å². The Morgan fingerprint density at radius 3 is 2.20 bits per heavy atom. The lowest BCUT2D eigenvalue weighted by Gasteiger charge is -2.21. The molecule has 0 saturated heterocycles. The average Bonchev–Trinajstić information content (AvgIpc) is 2.57. The van der Waals surface area contributed by atoms with E-state index in [-0.39, 0.29) is 19.1 Å². The number of rotatable bonds is 8. The number of hydrogen-bond acceptors (Lipinski definition) is 6. The Bertz CT molecular complexity index is 597. The van der Waals surface area contributed by atoms with Gasteiger partial charge in [-0.25, -0.2) is 14.4 Å². The molecule has 0 aromatic heterocycles. The Morgan fingerprint density at radius 2 is 1.64 bits per heavy atom. The Hall–Kier alpha value is -2.83. The van der Waals surface area contributed by atoms with Gasteiger partial charge in [0.2, 0.25) is 0 Å². The molecule has 0 bridgehead atoms. The minimum atomic E-state index is -0.697. The number of hydrogen-bond donors (Lipinski definition) is 1. The molecule has 1 amide bonds. The molecule has 0 aliphatic heterocycles. The zero-order valence-electron chi connectivity index (χ0n) is 14.6. The van der Waals surface area contributed by atoms with E-state index < -0.39 is 24.1 Å². The number of carbonyl (C=O) groups is 3. The number of nitrogens with one attached hydrogen (secondary N) is 1. The predicted octanol–water partition coefficient (Wildman–Crippen LogP) is 2.46. The first-order valence-electron chi connectivity index (χ1n) is 7.97. The van der Waals surface area contributed by atoms with Crippen molar-refractivity contribution in [3.8, 4) is 5.75 Å². The summed E-state index contributed by atoms with van der Waals surface area (Å²) in [5.41, 5.74) is 0. The molecule has 1 N–H and O–H groups in total. The van der Waals surface area contributed by atoms with Crippen LogP contribution in [0.1, 0.15) is 20.8 Å². The maximum Gasteiger partial charge on any atom is 0.412 e. The fourth-order valence-corrected chi connectivity index (χ4v) is 1.72. The van der Waals surface area contributed by atoms with Crippen LogP contribution >= 0.6 is 0 Å². The Labute approximate surface area is 146 Å². The van der Waals surface area contributed by atoms with Crippen LogP contribution in [0, 0.1) is 5.92 Å². The van der Waals surface area contributed by atoms with Gasteiger partial charge in [0.05, 0.1) is 12.6 Å². The van der Waals surface area contributed by atoms with Gasteiger partial charge in [-0.2, -0.15) is 0 Å². The van der Waals surface area contributed by atoms with Crippen LogP contribution < -0.4 is 10.1 Å². The van der Waals surface area contributed by atoms with Crippen molar-refractivity contribution in [2.24, 2.45) is 5.92 Å². The van der Waals surface area contributed by atoms with Gasteiger partial charge < -0.3 is 19.5 Å². The van der Waals surface area contributed by atoms with Crippen molar-refractivity contribution in [3.05, 3.63) is 42.5 Å². The molecule has 1 atom stereocenters. The molecule has 0 spiro atoms. The number of carbonyl (C=O) groups excluding carboxylic acids is 3. The van der Waals surface area contributed by atoms with Crippen LogP contribution in [0.5, 0.6) is 5.75 Å². The molecular formula is C18H23NO6. The van der Waals surface area contributed by atoms with Gasteiger partial charge in [-0.15, -0.1) is 0 Å². The van der Waals surface area contributed by atoms with Crippen LogP contribution in [0.2, 0.25) is 0 Å². The second kappa shape index (κ2) is 10.9. The quantitative estimate of drug-likeness (QED) is 0.573. The van der Waals surface area contributed by atoms with Gasteiger partial charge in [0.1, 0.15) is 12.4 Å². The second-order valence-corrected chi connectivity index (χ2v) is 5.41. The Kier molecular flexibility index (Phi) is 8.78. The lowest BCUT2D eigenvalue weighted by molar-refractivity contribution is -0.140. The number of amides is 1. The summed E-state index contributed by atoms with van der Waals surface area (Å²) in [5.74, 6) is -0.900. The zero-order valence-corrected chi connectivity index (χ0v) is 14.6. The van der Waals surface area contributed by atoms with Crippen molar-refractivity contribution < 1.29 is 28.6 Å². The summed E-state index contributed by atoms with van der Waals surface area (Å²) < 4.78 is 14.8. The highest BCUT2D eigenvalue weighted by Crippen LogP contribution is 2.09. The fourth-order valence-electron chi connectivity index (χ4n) is 1.72. The van der Waals surface area contributed by atoms with E-state index in [0.29, 0.717) is 5.75 Å². The molecule has 25 heavy (non-hydrogen) atoms. The summed E-state index contributed by atoms with van der Waals surface area (Å²) in [7, 11) is 0. The number of ether oxygens (including phenoxy) is 3. The van der Waals surface area contributed by atoms with Crippen molar-refractivity contribution in [3.63, 3.8) is 0 Å². The normalized spacial score (nSPS) is 11.8. The molecule has 1 aromatic carbocycles. The van der Waals surface area contributed by atoms with Gasteiger partial charge in [0.15, 0.2) is 0 Å². The van der Waals surface area contributed by atoms with Crippen LogP contribution in [0.3, 0.4) is 0 Å². The molecule has 136 valence electrons. The molecule has 0 saturated carbocycles. The maximum atomic E-state index is 11.9. The summed E-state index contributed by atoms with van der Waals surface area (Å²) >= 11 is 0. The standard InChI is InChI=1S/C18H23NO6/c1-4-23-16(20)10-11-17(21)24-12-15(13(2)3)19-18(22)25-14-8-6-5-7-9-14/h5-11,13,15H,4,12H2,1-3H3,(H,19,22). The molecule has 0 aliphatic carbocycles. The summed E-state index contributed by atoms with van der Waals surface area (Å²) in [6.07, 6.45) is 1.34. The van der Waals surface area contributed by atoms with Crippen molar-refractivity contribution in [1.29, 1.82) is 0 Å². The van der Waals surface area contributed by atoms with E-state index in [1.807, 2.05) is 19.9 Å². The van der Waals surface area contributed by atoms with Gasteiger partial charge in [0, 0.05) is 12.2 Å². The first kappa shape index (κ1) is 20.2. The predicted molar refractivity (Wildman–Crippen MR) is 91.0 cm³/mol. The largest absolute Gasteiger partial charge is 0.463 e. The molecule has 1 unspecified atom stereocenters. The smallest absolute Gasteiger partial charge is 0.412 e. The van der Waals surface area contributed by atoms with E-state index >= 15 is 0 Å². The van der Waals surface area contributed by atoms with E-state index in [1.165, 1.54) is 0 Å². The number of esters is 2. The highest BCUT2D eigenvalue weighted by atomic mass is 16.6. The summed E-state index contributed by atoms with van der Waals surface area (Å²) in [6.45, 7) is 5.58. The van der Waals surface area contributed by atoms with Gasteiger partial charge >= 0.3 is 18.0 Å². The molecule has 1 aromatic rings. The third kappa shape index (κ3) is 8.55. The minimum Gasteiger partial charge on any atom is -0.463 e. The lowest BCUT2D eigenvalue weighted by atomic mass is 10.1. The lowest BCUT2D eigenvalue weighted by Crippen LogP contribution is -2.43. The van der Waals surface area contributed by atoms with Gasteiger partial charge in [0.25, 0.3) is 0 Å². The van der Waals surface area contributed by atoms with E-state index in [0.717, 1.165) is 12.2 Å². The highest BCUT2D eigenvalue weighted by Gasteiger charge is 2.19. The van der Waals surface area contributed by atoms with Gasteiger partial charge in [-0.05, 0) is 25.0 Å². The molecule has 0 radical (unpaired) electrons. The number of para-hydroxylation sites is 1. The third-order valence-electron chi connectivity index (χ3n) is 3.11. The molecule has 7 nitrogen and oxygen atoms in total. The zero-order chi connectivity index (χ0) is 18.7. The first-order valence-corrected chi connectivity index (χ1v) is 7.97. The molecule has 0 heterocycles. The first-order chi connectivity index (χ1) is 11.9. The van der Waals surface area contributed by atoms with E-state index in [1.54, 1.807) is 31.2 Å². The van der Waals surface area contributed by atoms with E-state index in [2.05, 4.69) is 10.1 Å². The van der Waals surface area contributed by atoms with Crippen LogP contribution in [0.25, 0.3) is 0 Å². The topological polar surface area (TPSA) is 90.9 Å². The second-order valence-electron chi connectivity index (χ2n) is 5.41. The molecule has 7 heteroatoms. The van der Waals surface area contributed by atoms with Gasteiger partial charge in [-0.1, -0.05) is 32.0 Å². The van der Waals surface area contributed by atoms with Crippen LogP contribution in [-0.2, 0) is 19.1 Å². The van der Waals surface area contributed by atoms with Crippen LogP contribution in [0.4, 0.5) is 4.79 Å². The van der Waals surface area contributed by atoms with Gasteiger partial charge in [-0.3, -0.25) is 0 Å². The summed E-state index contributed by atoms with van der Waals surface area (Å²) in [6, 6.07) is 8.19. The SMILES string of the molecule is CCOC(=O)C=CC(=O)OCC(NC(=O)Oc1ccccc1)C(C)C. The average molecular weight is 349 g/mol. The van der Waals surface area contributed by atoms with Crippen molar-refractivity contribution in [2.45, 2.75) is 26.8 Å². The molecular weight excluding hydrogens is 326 g/mol. The van der Waals surface area contributed by atoms with E-state index in [9.17, 15) is 14.4 Å².